The molecule has 2 aromatic rings. The van der Waals surface area contributed by atoms with Crippen molar-refractivity contribution in [3.05, 3.63) is 18.5 Å². The van der Waals surface area contributed by atoms with E-state index in [0.29, 0.717) is 5.69 Å². The van der Waals surface area contributed by atoms with Crippen LogP contribution in [0.4, 0.5) is 10.5 Å². The van der Waals surface area contributed by atoms with Crippen LogP contribution < -0.4 is 10.6 Å². The summed E-state index contributed by atoms with van der Waals surface area (Å²) in [5, 5.41) is 20.7. The fourth-order valence-electron chi connectivity index (χ4n) is 3.00. The van der Waals surface area contributed by atoms with Crippen molar-refractivity contribution < 1.29 is 9.90 Å². The van der Waals surface area contributed by atoms with Crippen molar-refractivity contribution in [3.8, 4) is 0 Å². The second-order valence-corrected chi connectivity index (χ2v) is 6.38. The summed E-state index contributed by atoms with van der Waals surface area (Å²) in [5.41, 5.74) is 1.41. The highest BCUT2D eigenvalue weighted by Crippen LogP contribution is 2.20. The first kappa shape index (κ1) is 15.7. The van der Waals surface area contributed by atoms with Gasteiger partial charge in [-0.3, -0.25) is 0 Å². The summed E-state index contributed by atoms with van der Waals surface area (Å²) in [7, 11) is 0. The SMILES string of the molecule is CC(C)n1ncc2cc(NC(=O)N[C@H]3CCCC[C@@H]3O)cnc21. The highest BCUT2D eigenvalue weighted by atomic mass is 16.3. The zero-order valence-electron chi connectivity index (χ0n) is 13.5. The van der Waals surface area contributed by atoms with E-state index in [1.54, 1.807) is 12.4 Å². The van der Waals surface area contributed by atoms with Crippen LogP contribution in [0.25, 0.3) is 11.0 Å². The summed E-state index contributed by atoms with van der Waals surface area (Å²) in [6.07, 6.45) is 6.51. The lowest BCUT2D eigenvalue weighted by molar-refractivity contribution is 0.0955. The molecule has 7 heteroatoms. The Balaban J connectivity index is 1.67. The molecule has 0 spiro atoms. The highest BCUT2D eigenvalue weighted by Gasteiger charge is 2.24. The molecule has 2 amide bonds. The molecule has 0 unspecified atom stereocenters. The summed E-state index contributed by atoms with van der Waals surface area (Å²) in [5.74, 6) is 0. The monoisotopic (exact) mass is 317 g/mol. The van der Waals surface area contributed by atoms with Gasteiger partial charge >= 0.3 is 6.03 Å². The van der Waals surface area contributed by atoms with Crippen LogP contribution in [-0.4, -0.2) is 38.0 Å². The second kappa shape index (κ2) is 6.54. The number of amides is 2. The van der Waals surface area contributed by atoms with Crippen LogP contribution in [-0.2, 0) is 0 Å². The van der Waals surface area contributed by atoms with E-state index in [-0.39, 0.29) is 18.1 Å². The lowest BCUT2D eigenvalue weighted by Gasteiger charge is -2.28. The lowest BCUT2D eigenvalue weighted by Crippen LogP contribution is -2.46. The minimum absolute atomic E-state index is 0.177. The van der Waals surface area contributed by atoms with E-state index < -0.39 is 6.10 Å². The Labute approximate surface area is 135 Å². The number of rotatable bonds is 3. The van der Waals surface area contributed by atoms with E-state index in [1.165, 1.54) is 0 Å². The van der Waals surface area contributed by atoms with Crippen molar-refractivity contribution >= 4 is 22.8 Å². The van der Waals surface area contributed by atoms with Gasteiger partial charge in [0.2, 0.25) is 0 Å². The molecule has 2 heterocycles. The van der Waals surface area contributed by atoms with Gasteiger partial charge in [0.15, 0.2) is 5.65 Å². The number of aliphatic hydroxyl groups excluding tert-OH is 1. The number of hydrogen-bond acceptors (Lipinski definition) is 4. The average Bonchev–Trinajstić information content (AvgIpc) is 2.93. The molecule has 0 aromatic carbocycles. The first-order valence-corrected chi connectivity index (χ1v) is 8.13. The topological polar surface area (TPSA) is 92.1 Å². The van der Waals surface area contributed by atoms with Crippen LogP contribution in [0.5, 0.6) is 0 Å². The van der Waals surface area contributed by atoms with Crippen molar-refractivity contribution in [2.45, 2.75) is 57.7 Å². The number of pyridine rings is 1. The van der Waals surface area contributed by atoms with E-state index in [0.717, 1.165) is 36.7 Å². The number of urea groups is 1. The summed E-state index contributed by atoms with van der Waals surface area (Å²) in [4.78, 5) is 16.5. The van der Waals surface area contributed by atoms with Crippen LogP contribution >= 0.6 is 0 Å². The summed E-state index contributed by atoms with van der Waals surface area (Å²) in [6, 6.07) is 1.60. The molecule has 2 aromatic heterocycles. The maximum Gasteiger partial charge on any atom is 0.319 e. The average molecular weight is 317 g/mol. The van der Waals surface area contributed by atoms with Gasteiger partial charge < -0.3 is 15.7 Å². The molecule has 7 nitrogen and oxygen atoms in total. The number of hydrogen-bond donors (Lipinski definition) is 3. The quantitative estimate of drug-likeness (QED) is 0.810. The Morgan fingerprint density at radius 1 is 1.35 bits per heavy atom. The van der Waals surface area contributed by atoms with Gasteiger partial charge in [-0.05, 0) is 32.8 Å². The zero-order chi connectivity index (χ0) is 16.4. The molecule has 3 N–H and O–H groups in total. The lowest BCUT2D eigenvalue weighted by atomic mass is 9.93. The van der Waals surface area contributed by atoms with Gasteiger partial charge in [0.1, 0.15) is 0 Å². The van der Waals surface area contributed by atoms with E-state index >= 15 is 0 Å². The molecule has 0 saturated heterocycles. The highest BCUT2D eigenvalue weighted by molar-refractivity contribution is 5.91. The maximum atomic E-state index is 12.1. The number of aliphatic hydroxyl groups is 1. The number of carbonyl (C=O) groups is 1. The molecule has 124 valence electrons. The number of fused-ring (bicyclic) bond motifs is 1. The smallest absolute Gasteiger partial charge is 0.319 e. The van der Waals surface area contributed by atoms with Gasteiger partial charge in [0.05, 0.1) is 30.2 Å². The van der Waals surface area contributed by atoms with Gasteiger partial charge in [-0.25, -0.2) is 14.5 Å². The first-order chi connectivity index (χ1) is 11.0. The molecule has 1 fully saturated rings. The van der Waals surface area contributed by atoms with E-state index in [4.69, 9.17) is 0 Å². The van der Waals surface area contributed by atoms with Crippen LogP contribution in [0.1, 0.15) is 45.6 Å². The Morgan fingerprint density at radius 3 is 2.87 bits per heavy atom. The van der Waals surface area contributed by atoms with Gasteiger partial charge in [-0.15, -0.1) is 0 Å². The second-order valence-electron chi connectivity index (χ2n) is 6.38. The fraction of sp³-hybridized carbons (Fsp3) is 0.562. The third kappa shape index (κ3) is 3.44. The van der Waals surface area contributed by atoms with Crippen LogP contribution in [0, 0.1) is 0 Å². The normalized spacial score (nSPS) is 21.6. The molecule has 1 aliphatic rings. The predicted molar refractivity (Wildman–Crippen MR) is 88.3 cm³/mol. The van der Waals surface area contributed by atoms with E-state index in [2.05, 4.69) is 20.7 Å². The standard InChI is InChI=1S/C16H23N5O2/c1-10(2)21-15-11(8-18-21)7-12(9-17-15)19-16(23)20-13-5-3-4-6-14(13)22/h7-10,13-14,22H,3-6H2,1-2H3,(H2,19,20,23)/t13-,14-/m0/s1. The maximum absolute atomic E-state index is 12.1. The number of nitrogens with one attached hydrogen (secondary N) is 2. The van der Waals surface area contributed by atoms with E-state index in [1.807, 2.05) is 24.6 Å². The Kier molecular flexibility index (Phi) is 4.47. The van der Waals surface area contributed by atoms with E-state index in [9.17, 15) is 9.90 Å². The Bertz CT molecular complexity index is 697. The molecule has 23 heavy (non-hydrogen) atoms. The largest absolute Gasteiger partial charge is 0.391 e. The number of anilines is 1. The van der Waals surface area contributed by atoms with Crippen molar-refractivity contribution in [2.75, 3.05) is 5.32 Å². The van der Waals surface area contributed by atoms with Crippen molar-refractivity contribution in [1.29, 1.82) is 0 Å². The van der Waals surface area contributed by atoms with Gasteiger partial charge in [0.25, 0.3) is 0 Å². The third-order valence-corrected chi connectivity index (χ3v) is 4.23. The molecule has 3 rings (SSSR count). The summed E-state index contributed by atoms with van der Waals surface area (Å²) < 4.78 is 1.84. The van der Waals surface area contributed by atoms with Gasteiger partial charge in [-0.2, -0.15) is 5.10 Å². The van der Waals surface area contributed by atoms with Gasteiger partial charge in [0, 0.05) is 11.4 Å². The fourth-order valence-corrected chi connectivity index (χ4v) is 3.00. The number of aromatic nitrogens is 3. The predicted octanol–water partition coefficient (Wildman–Crippen LogP) is 2.44. The Hall–Kier alpha value is -2.15. The Morgan fingerprint density at radius 2 is 2.13 bits per heavy atom. The van der Waals surface area contributed by atoms with Crippen LogP contribution in [0.2, 0.25) is 0 Å². The minimum Gasteiger partial charge on any atom is -0.391 e. The molecule has 2 atom stereocenters. The third-order valence-electron chi connectivity index (χ3n) is 4.23. The molecule has 0 aliphatic heterocycles. The molecule has 1 saturated carbocycles. The molecular formula is C16H23N5O2. The minimum atomic E-state index is -0.459. The molecule has 0 radical (unpaired) electrons. The number of carbonyl (C=O) groups excluding carboxylic acids is 1. The van der Waals surface area contributed by atoms with Crippen LogP contribution in [0.3, 0.4) is 0 Å². The first-order valence-electron chi connectivity index (χ1n) is 8.13. The van der Waals surface area contributed by atoms with Gasteiger partial charge in [-0.1, -0.05) is 12.8 Å². The van der Waals surface area contributed by atoms with Crippen molar-refractivity contribution in [2.24, 2.45) is 0 Å². The van der Waals surface area contributed by atoms with Crippen LogP contribution in [0.15, 0.2) is 18.5 Å². The van der Waals surface area contributed by atoms with Crippen molar-refractivity contribution in [1.82, 2.24) is 20.1 Å². The molecular weight excluding hydrogens is 294 g/mol. The number of nitrogens with zero attached hydrogens (tertiary/aromatic N) is 3. The zero-order valence-corrected chi connectivity index (χ0v) is 13.5. The summed E-state index contributed by atoms with van der Waals surface area (Å²) in [6.45, 7) is 4.09. The van der Waals surface area contributed by atoms with Crippen molar-refractivity contribution in [3.63, 3.8) is 0 Å². The molecule has 1 aliphatic carbocycles. The summed E-state index contributed by atoms with van der Waals surface area (Å²) >= 11 is 0. The molecule has 0 bridgehead atoms.